The van der Waals surface area contributed by atoms with Gasteiger partial charge >= 0.3 is 6.03 Å². The van der Waals surface area contributed by atoms with Crippen LogP contribution in [0.25, 0.3) is 0 Å². The molecule has 0 atom stereocenters. The lowest BCUT2D eigenvalue weighted by atomic mass is 10.2. The number of fused-ring (bicyclic) bond motifs is 1. The van der Waals surface area contributed by atoms with E-state index in [4.69, 9.17) is 0 Å². The fourth-order valence-electron chi connectivity index (χ4n) is 1.33. The molecule has 1 aromatic heterocycles. The van der Waals surface area contributed by atoms with Crippen molar-refractivity contribution in [1.29, 1.82) is 0 Å². The number of hydrogen-bond donors (Lipinski definition) is 3. The first-order chi connectivity index (χ1) is 6.31. The average molecular weight is 178 g/mol. The van der Waals surface area contributed by atoms with Crippen LogP contribution in [-0.2, 0) is 6.54 Å². The molecule has 0 unspecified atom stereocenters. The summed E-state index contributed by atoms with van der Waals surface area (Å²) in [6.07, 6.45) is 1.66. The molecule has 1 aliphatic heterocycles. The van der Waals surface area contributed by atoms with Crippen molar-refractivity contribution in [3.8, 4) is 0 Å². The van der Waals surface area contributed by atoms with Crippen molar-refractivity contribution in [2.24, 2.45) is 0 Å². The molecule has 2 heterocycles. The van der Waals surface area contributed by atoms with E-state index < -0.39 is 0 Å². The van der Waals surface area contributed by atoms with E-state index in [0.29, 0.717) is 12.4 Å². The third-order valence-corrected chi connectivity index (χ3v) is 1.98. The van der Waals surface area contributed by atoms with Gasteiger partial charge in [-0.1, -0.05) is 0 Å². The van der Waals surface area contributed by atoms with Crippen LogP contribution < -0.4 is 16.0 Å². The summed E-state index contributed by atoms with van der Waals surface area (Å²) in [5, 5.41) is 8.35. The Hall–Kier alpha value is -1.78. The van der Waals surface area contributed by atoms with Gasteiger partial charge in [0.05, 0.1) is 6.54 Å². The van der Waals surface area contributed by atoms with Crippen molar-refractivity contribution < 1.29 is 4.79 Å². The molecule has 1 aromatic rings. The largest absolute Gasteiger partial charge is 0.388 e. The first-order valence-electron chi connectivity index (χ1n) is 4.02. The lowest BCUT2D eigenvalue weighted by Crippen LogP contribution is -2.34. The Morgan fingerprint density at radius 2 is 2.46 bits per heavy atom. The number of carbonyl (C=O) groups excluding carboxylic acids is 1. The molecule has 68 valence electrons. The average Bonchev–Trinajstić information content (AvgIpc) is 2.16. The number of anilines is 2. The molecule has 2 rings (SSSR count). The number of pyridine rings is 1. The van der Waals surface area contributed by atoms with Gasteiger partial charge in [0, 0.05) is 24.5 Å². The van der Waals surface area contributed by atoms with E-state index in [0.717, 1.165) is 11.3 Å². The molecule has 0 spiro atoms. The summed E-state index contributed by atoms with van der Waals surface area (Å²) in [7, 11) is 1.84. The lowest BCUT2D eigenvalue weighted by molar-refractivity contribution is 0.250. The fourth-order valence-corrected chi connectivity index (χ4v) is 1.33. The van der Waals surface area contributed by atoms with Gasteiger partial charge in [0.15, 0.2) is 0 Å². The highest BCUT2D eigenvalue weighted by Gasteiger charge is 2.16. The van der Waals surface area contributed by atoms with Crippen molar-refractivity contribution in [2.75, 3.05) is 17.7 Å². The number of carbonyl (C=O) groups is 1. The van der Waals surface area contributed by atoms with Crippen LogP contribution in [0.1, 0.15) is 5.56 Å². The van der Waals surface area contributed by atoms with Gasteiger partial charge in [0.1, 0.15) is 5.82 Å². The molecule has 0 aliphatic carbocycles. The van der Waals surface area contributed by atoms with Gasteiger partial charge in [-0.2, -0.15) is 0 Å². The second-order valence-electron chi connectivity index (χ2n) is 2.74. The summed E-state index contributed by atoms with van der Waals surface area (Å²) in [5.74, 6) is 0.635. The SMILES string of the molecule is CNc1ccnc2c1CNC(=O)N2. The van der Waals surface area contributed by atoms with Crippen LogP contribution in [0.3, 0.4) is 0 Å². The highest BCUT2D eigenvalue weighted by atomic mass is 16.2. The number of amides is 2. The van der Waals surface area contributed by atoms with Crippen molar-refractivity contribution in [1.82, 2.24) is 10.3 Å². The second kappa shape index (κ2) is 2.93. The molecule has 5 nitrogen and oxygen atoms in total. The summed E-state index contributed by atoms with van der Waals surface area (Å²) in [6.45, 7) is 0.519. The van der Waals surface area contributed by atoms with Crippen molar-refractivity contribution >= 4 is 17.5 Å². The third kappa shape index (κ3) is 1.28. The summed E-state index contributed by atoms with van der Waals surface area (Å²) < 4.78 is 0. The molecule has 13 heavy (non-hydrogen) atoms. The van der Waals surface area contributed by atoms with E-state index >= 15 is 0 Å². The monoisotopic (exact) mass is 178 g/mol. The van der Waals surface area contributed by atoms with E-state index in [2.05, 4.69) is 20.9 Å². The van der Waals surface area contributed by atoms with Crippen LogP contribution in [0.5, 0.6) is 0 Å². The Balaban J connectivity index is 2.45. The Labute approximate surface area is 75.6 Å². The zero-order valence-electron chi connectivity index (χ0n) is 7.22. The summed E-state index contributed by atoms with van der Waals surface area (Å²) in [5.41, 5.74) is 1.97. The highest BCUT2D eigenvalue weighted by molar-refractivity contribution is 5.92. The van der Waals surface area contributed by atoms with Gasteiger partial charge in [-0.25, -0.2) is 9.78 Å². The van der Waals surface area contributed by atoms with E-state index in [9.17, 15) is 4.79 Å². The summed E-state index contributed by atoms with van der Waals surface area (Å²) in [6, 6.07) is 1.67. The maximum absolute atomic E-state index is 10.9. The quantitative estimate of drug-likeness (QED) is 0.594. The second-order valence-corrected chi connectivity index (χ2v) is 2.74. The van der Waals surface area contributed by atoms with Gasteiger partial charge in [-0.05, 0) is 6.07 Å². The first-order valence-corrected chi connectivity index (χ1v) is 4.02. The molecule has 0 saturated heterocycles. The van der Waals surface area contributed by atoms with E-state index in [1.54, 1.807) is 6.20 Å². The number of rotatable bonds is 1. The normalized spacial score (nSPS) is 14.1. The van der Waals surface area contributed by atoms with Crippen molar-refractivity contribution in [3.63, 3.8) is 0 Å². The summed E-state index contributed by atoms with van der Waals surface area (Å²) in [4.78, 5) is 15.0. The van der Waals surface area contributed by atoms with Crippen LogP contribution in [0.4, 0.5) is 16.3 Å². The fraction of sp³-hybridized carbons (Fsp3) is 0.250. The molecule has 5 heteroatoms. The minimum absolute atomic E-state index is 0.201. The third-order valence-electron chi connectivity index (χ3n) is 1.98. The topological polar surface area (TPSA) is 66.0 Å². The Morgan fingerprint density at radius 1 is 1.62 bits per heavy atom. The van der Waals surface area contributed by atoms with Crippen LogP contribution >= 0.6 is 0 Å². The molecule has 1 aliphatic rings. The molecule has 2 amide bonds. The molecule has 0 saturated carbocycles. The van der Waals surface area contributed by atoms with Crippen LogP contribution in [0.2, 0.25) is 0 Å². The maximum atomic E-state index is 10.9. The number of urea groups is 1. The lowest BCUT2D eigenvalue weighted by Gasteiger charge is -2.19. The molecule has 0 radical (unpaired) electrons. The van der Waals surface area contributed by atoms with Crippen LogP contribution in [0.15, 0.2) is 12.3 Å². The van der Waals surface area contributed by atoms with Gasteiger partial charge in [0.2, 0.25) is 0 Å². The predicted octanol–water partition coefficient (Wildman–Crippen LogP) is 0.758. The standard InChI is InChI=1S/C8H10N4O/c1-9-6-2-3-10-7-5(6)4-11-8(13)12-7/h2-3H,4H2,1H3,(H3,9,10,11,12,13). The van der Waals surface area contributed by atoms with Gasteiger partial charge in [0.25, 0.3) is 0 Å². The molecular formula is C8H10N4O. The summed E-state index contributed by atoms with van der Waals surface area (Å²) >= 11 is 0. The van der Waals surface area contributed by atoms with Crippen molar-refractivity contribution in [2.45, 2.75) is 6.54 Å². The Bertz CT molecular complexity index is 350. The van der Waals surface area contributed by atoms with Crippen LogP contribution in [0, 0.1) is 0 Å². The van der Waals surface area contributed by atoms with Gasteiger partial charge < -0.3 is 10.6 Å². The molecule has 0 fully saturated rings. The van der Waals surface area contributed by atoms with Crippen LogP contribution in [-0.4, -0.2) is 18.1 Å². The molecule has 0 bridgehead atoms. The zero-order valence-corrected chi connectivity index (χ0v) is 7.22. The molecule has 3 N–H and O–H groups in total. The number of hydrogen-bond acceptors (Lipinski definition) is 3. The molecule has 0 aromatic carbocycles. The molecular weight excluding hydrogens is 168 g/mol. The Kier molecular flexibility index (Phi) is 1.77. The number of nitrogens with zero attached hydrogens (tertiary/aromatic N) is 1. The zero-order chi connectivity index (χ0) is 9.26. The maximum Gasteiger partial charge on any atom is 0.320 e. The highest BCUT2D eigenvalue weighted by Crippen LogP contribution is 2.23. The first kappa shape index (κ1) is 7.85. The Morgan fingerprint density at radius 3 is 3.23 bits per heavy atom. The van der Waals surface area contributed by atoms with E-state index in [-0.39, 0.29) is 6.03 Å². The minimum Gasteiger partial charge on any atom is -0.388 e. The minimum atomic E-state index is -0.201. The predicted molar refractivity (Wildman–Crippen MR) is 49.6 cm³/mol. The van der Waals surface area contributed by atoms with Gasteiger partial charge in [-0.15, -0.1) is 0 Å². The van der Waals surface area contributed by atoms with E-state index in [1.165, 1.54) is 0 Å². The van der Waals surface area contributed by atoms with Crippen molar-refractivity contribution in [3.05, 3.63) is 17.8 Å². The van der Waals surface area contributed by atoms with Gasteiger partial charge in [-0.3, -0.25) is 5.32 Å². The number of aromatic nitrogens is 1. The number of nitrogens with one attached hydrogen (secondary N) is 3. The smallest absolute Gasteiger partial charge is 0.320 e. The van der Waals surface area contributed by atoms with E-state index in [1.807, 2.05) is 13.1 Å².